The van der Waals surface area contributed by atoms with E-state index in [-0.39, 0.29) is 59.0 Å². The molecule has 6 aromatic carbocycles. The van der Waals surface area contributed by atoms with Gasteiger partial charge in [-0.3, -0.25) is 4.79 Å². The van der Waals surface area contributed by atoms with E-state index < -0.39 is 83.0 Å². The average Bonchev–Trinajstić information content (AvgIpc) is 3.25. The lowest BCUT2D eigenvalue weighted by molar-refractivity contribution is -0.144. The van der Waals surface area contributed by atoms with Crippen LogP contribution in [0.15, 0.2) is 158 Å². The van der Waals surface area contributed by atoms with Gasteiger partial charge in [-0.15, -0.1) is 0 Å². The zero-order chi connectivity index (χ0) is 47.2. The summed E-state index contributed by atoms with van der Waals surface area (Å²) in [4.78, 5) is 14.7. The first-order chi connectivity index (χ1) is 30.5. The first-order valence-corrected chi connectivity index (χ1v) is 22.1. The minimum Gasteiger partial charge on any atom is -1.00 e. The predicted octanol–water partition coefficient (Wildman–Crippen LogP) is 9.39. The molecule has 0 unspecified atom stereocenters. The molecule has 0 spiro atoms. The molecule has 0 aromatic heterocycles. The summed E-state index contributed by atoms with van der Waals surface area (Å²) >= 11 is 5.37. The van der Waals surface area contributed by atoms with Gasteiger partial charge in [0.15, 0.2) is 5.11 Å². The zero-order valence-corrected chi connectivity index (χ0v) is 37.3. The summed E-state index contributed by atoms with van der Waals surface area (Å²) in [6.45, 7) is 0. The highest BCUT2D eigenvalue weighted by Gasteiger charge is 2.47. The Labute approximate surface area is 387 Å². The van der Waals surface area contributed by atoms with Crippen LogP contribution in [0.3, 0.4) is 0 Å². The molecule has 1 amide bonds. The number of rotatable bonds is 13. The molecule has 348 valence electrons. The van der Waals surface area contributed by atoms with Crippen molar-refractivity contribution in [3.05, 3.63) is 197 Å². The normalized spacial score (nSPS) is 13.2. The largest absolute Gasteiger partial charge is 1.00 e. The molecule has 0 saturated carbocycles. The standard InChI is InChI=1S/C47H36F12N3OPS.BrH/c48-44(49,50)33-21-31(22-34(24-33)45(51,52)53)28-64(39-17-9-3-10-18-39,40-19-11-4-12-20-40)29-38(23-30-13-5-1-6-14-30)60-42(63)41(32-15-7-2-8-16-32)62-43(65)61-37-26-35(46(54,55)56)25-36(27-37)47(57,58)59;/h1-22,24-27,38,41H,23,28-29H2,(H2-,60,61,62,63,65);1H/t38-,41-;/m0./s1. The molecule has 2 atom stereocenters. The third-order valence-electron chi connectivity index (χ3n) is 10.3. The van der Waals surface area contributed by atoms with Gasteiger partial charge in [-0.2, -0.15) is 52.7 Å². The van der Waals surface area contributed by atoms with E-state index in [9.17, 15) is 57.5 Å². The number of nitrogens with one attached hydrogen (secondary N) is 3. The summed E-state index contributed by atoms with van der Waals surface area (Å²) in [6, 6.07) is 33.6. The van der Waals surface area contributed by atoms with E-state index >= 15 is 0 Å². The second kappa shape index (κ2) is 21.0. The molecule has 0 bridgehead atoms. The van der Waals surface area contributed by atoms with E-state index in [4.69, 9.17) is 12.2 Å². The Kier molecular flexibility index (Phi) is 16.4. The number of thiocarbonyl (C=S) groups is 1. The monoisotopic (exact) mass is 1030 g/mol. The van der Waals surface area contributed by atoms with E-state index in [2.05, 4.69) is 16.0 Å². The Morgan fingerprint density at radius 1 is 0.515 bits per heavy atom. The number of amides is 1. The fraction of sp³-hybridized carbons (Fsp3) is 0.191. The lowest BCUT2D eigenvalue weighted by Gasteiger charge is -2.33. The van der Waals surface area contributed by atoms with Crippen molar-refractivity contribution in [2.24, 2.45) is 0 Å². The maximum Gasteiger partial charge on any atom is 0.416 e. The average molecular weight is 1030 g/mol. The summed E-state index contributed by atoms with van der Waals surface area (Å²) in [6.07, 6.45) is -20.8. The van der Waals surface area contributed by atoms with Gasteiger partial charge in [0.05, 0.1) is 58.5 Å². The third kappa shape index (κ3) is 13.3. The van der Waals surface area contributed by atoms with Crippen LogP contribution >= 0.6 is 19.5 Å². The van der Waals surface area contributed by atoms with Crippen LogP contribution in [0.4, 0.5) is 58.4 Å². The Morgan fingerprint density at radius 3 is 1.33 bits per heavy atom. The number of alkyl halides is 12. The topological polar surface area (TPSA) is 53.2 Å². The maximum absolute atomic E-state index is 14.7. The lowest BCUT2D eigenvalue weighted by atomic mass is 10.0. The van der Waals surface area contributed by atoms with Crippen LogP contribution in [-0.4, -0.2) is 23.2 Å². The molecular weight excluding hydrogens is 993 g/mol. The smallest absolute Gasteiger partial charge is 0.416 e. The molecule has 0 fully saturated rings. The van der Waals surface area contributed by atoms with Crippen LogP contribution in [0.25, 0.3) is 0 Å². The summed E-state index contributed by atoms with van der Waals surface area (Å²) in [5.74, 6) is -0.779. The Hall–Kier alpha value is -5.45. The first-order valence-electron chi connectivity index (χ1n) is 19.5. The fourth-order valence-corrected chi connectivity index (χ4v) is 12.2. The van der Waals surface area contributed by atoms with Gasteiger partial charge in [-0.05, 0) is 96.0 Å². The van der Waals surface area contributed by atoms with Crippen molar-refractivity contribution in [3.8, 4) is 0 Å². The van der Waals surface area contributed by atoms with Gasteiger partial charge in [0.2, 0.25) is 5.91 Å². The first kappa shape index (κ1) is 51.5. The molecular formula is C47H37BrF12N3OPS. The van der Waals surface area contributed by atoms with Crippen molar-refractivity contribution < 1.29 is 74.5 Å². The highest BCUT2D eigenvalue weighted by atomic mass is 79.9. The van der Waals surface area contributed by atoms with Crippen LogP contribution in [0.2, 0.25) is 0 Å². The number of benzene rings is 6. The van der Waals surface area contributed by atoms with Crippen molar-refractivity contribution in [3.63, 3.8) is 0 Å². The Morgan fingerprint density at radius 2 is 0.909 bits per heavy atom. The van der Waals surface area contributed by atoms with Crippen molar-refractivity contribution in [1.29, 1.82) is 0 Å². The Bertz CT molecular complexity index is 2460. The Balaban J connectivity index is 0.00000817. The number of hydrogen-bond donors (Lipinski definition) is 3. The van der Waals surface area contributed by atoms with Crippen LogP contribution in [0.1, 0.15) is 45.0 Å². The van der Waals surface area contributed by atoms with Crippen molar-refractivity contribution in [2.75, 3.05) is 11.5 Å². The van der Waals surface area contributed by atoms with E-state index in [1.54, 1.807) is 109 Å². The van der Waals surface area contributed by atoms with Crippen LogP contribution in [-0.2, 0) is 42.1 Å². The summed E-state index contributed by atoms with van der Waals surface area (Å²) in [5, 5.41) is 8.76. The maximum atomic E-state index is 14.7. The van der Waals surface area contributed by atoms with Gasteiger partial charge < -0.3 is 32.9 Å². The molecule has 0 saturated heterocycles. The van der Waals surface area contributed by atoms with Gasteiger partial charge in [-0.25, -0.2) is 0 Å². The van der Waals surface area contributed by atoms with Crippen molar-refractivity contribution in [2.45, 2.75) is 49.4 Å². The van der Waals surface area contributed by atoms with Crippen LogP contribution < -0.4 is 43.5 Å². The van der Waals surface area contributed by atoms with E-state index in [1.807, 2.05) is 0 Å². The van der Waals surface area contributed by atoms with Crippen molar-refractivity contribution in [1.82, 2.24) is 10.6 Å². The summed E-state index contributed by atoms with van der Waals surface area (Å²) < 4.78 is 168. The van der Waals surface area contributed by atoms with Gasteiger partial charge in [0.25, 0.3) is 0 Å². The second-order valence-electron chi connectivity index (χ2n) is 15.0. The molecule has 3 N–H and O–H groups in total. The van der Waals surface area contributed by atoms with Gasteiger partial charge >= 0.3 is 24.7 Å². The molecule has 0 radical (unpaired) electrons. The predicted molar refractivity (Wildman–Crippen MR) is 231 cm³/mol. The molecule has 0 heterocycles. The molecule has 66 heavy (non-hydrogen) atoms. The molecule has 0 aliphatic rings. The SMILES string of the molecule is O=C(N[C@@H](Cc1ccccc1)C[P+](Cc1cc(C(F)(F)F)cc(C(F)(F)F)c1)(c1ccccc1)c1ccccc1)[C@@H](NC(=S)Nc1cc(C(F)(F)F)cc(C(F)(F)F)c1)c1ccccc1.[Br-]. The van der Waals surface area contributed by atoms with Crippen molar-refractivity contribution >= 4 is 46.8 Å². The van der Waals surface area contributed by atoms with Gasteiger partial charge in [-0.1, -0.05) is 97.1 Å². The molecule has 4 nitrogen and oxygen atoms in total. The molecule has 19 heteroatoms. The minimum atomic E-state index is -5.16. The number of halogens is 13. The second-order valence-corrected chi connectivity index (χ2v) is 19.1. The fourth-order valence-electron chi connectivity index (χ4n) is 7.45. The summed E-state index contributed by atoms with van der Waals surface area (Å²) in [5.41, 5.74) is -6.16. The molecule has 0 aliphatic carbocycles. The van der Waals surface area contributed by atoms with Crippen LogP contribution in [0.5, 0.6) is 0 Å². The van der Waals surface area contributed by atoms with Gasteiger partial charge in [0, 0.05) is 5.69 Å². The molecule has 6 aromatic rings. The van der Waals surface area contributed by atoms with E-state index in [1.165, 1.54) is 12.1 Å². The minimum absolute atomic E-state index is 0. The molecule has 6 rings (SSSR count). The van der Waals surface area contributed by atoms with E-state index in [0.29, 0.717) is 40.4 Å². The number of anilines is 1. The molecule has 0 aliphatic heterocycles. The zero-order valence-electron chi connectivity index (χ0n) is 34.0. The van der Waals surface area contributed by atoms with Gasteiger partial charge in [0.1, 0.15) is 6.04 Å². The number of hydrogen-bond acceptors (Lipinski definition) is 2. The highest BCUT2D eigenvalue weighted by Crippen LogP contribution is 2.60. The number of carbonyl (C=O) groups is 1. The van der Waals surface area contributed by atoms with E-state index in [0.717, 1.165) is 0 Å². The summed E-state index contributed by atoms with van der Waals surface area (Å²) in [7, 11) is -3.22. The quantitative estimate of drug-likeness (QED) is 0.0614. The third-order valence-corrected chi connectivity index (χ3v) is 15.1. The van der Waals surface area contributed by atoms with Crippen LogP contribution in [0, 0.1) is 0 Å². The number of carbonyl (C=O) groups excluding carboxylic acids is 1. The highest BCUT2D eigenvalue weighted by molar-refractivity contribution is 7.88. The lowest BCUT2D eigenvalue weighted by Crippen LogP contribution is -3.00.